The summed E-state index contributed by atoms with van der Waals surface area (Å²) in [5, 5.41) is 8.31. The Morgan fingerprint density at radius 1 is 0.818 bits per heavy atom. The molecule has 0 aliphatic carbocycles. The first-order valence-electron chi connectivity index (χ1n) is 13.7. The third-order valence-electron chi connectivity index (χ3n) is 6.17. The van der Waals surface area contributed by atoms with Crippen LogP contribution in [-0.4, -0.2) is 35.5 Å². The SMILES string of the molecule is CCOC(=O)c1ccc(NC(=O)C(C)Sc2cccc(NC(=O)/C(=C\c3ccccc3Cl)NC(=O)c3ccccc3)c2)cc1. The van der Waals surface area contributed by atoms with Gasteiger partial charge in [-0.15, -0.1) is 11.8 Å². The van der Waals surface area contributed by atoms with Gasteiger partial charge >= 0.3 is 5.97 Å². The Bertz CT molecular complexity index is 1680. The summed E-state index contributed by atoms with van der Waals surface area (Å²) in [6.45, 7) is 3.78. The molecule has 0 heterocycles. The number of hydrogen-bond donors (Lipinski definition) is 3. The monoisotopic (exact) mass is 627 g/mol. The van der Waals surface area contributed by atoms with E-state index in [9.17, 15) is 19.2 Å². The third-order valence-corrected chi connectivity index (χ3v) is 7.61. The Morgan fingerprint density at radius 2 is 1.52 bits per heavy atom. The van der Waals surface area contributed by atoms with Crippen LogP contribution in [0.15, 0.2) is 114 Å². The van der Waals surface area contributed by atoms with Gasteiger partial charge in [0, 0.05) is 26.9 Å². The van der Waals surface area contributed by atoms with Gasteiger partial charge in [0.25, 0.3) is 11.8 Å². The highest BCUT2D eigenvalue weighted by Gasteiger charge is 2.18. The molecule has 0 aliphatic rings. The second kappa shape index (κ2) is 15.6. The molecule has 1 atom stereocenters. The number of carbonyl (C=O) groups is 4. The van der Waals surface area contributed by atoms with Crippen molar-refractivity contribution < 1.29 is 23.9 Å². The Morgan fingerprint density at radius 3 is 2.23 bits per heavy atom. The number of rotatable bonds is 11. The molecule has 8 nitrogen and oxygen atoms in total. The topological polar surface area (TPSA) is 114 Å². The largest absolute Gasteiger partial charge is 0.462 e. The standard InChI is InChI=1S/C34H30ClN3O5S/c1-3-43-34(42)24-16-18-26(19-17-24)36-31(39)22(2)44-28-14-9-13-27(21-28)37-33(41)30(20-25-12-7-8-15-29(25)35)38-32(40)23-10-5-4-6-11-23/h4-22H,3H2,1-2H3,(H,36,39)(H,37,41)(H,38,40)/b30-20+. The zero-order valence-corrected chi connectivity index (χ0v) is 25.6. The molecule has 44 heavy (non-hydrogen) atoms. The van der Waals surface area contributed by atoms with E-state index in [0.717, 1.165) is 4.90 Å². The van der Waals surface area contributed by atoms with E-state index in [1.165, 1.54) is 17.8 Å². The molecule has 0 spiro atoms. The highest BCUT2D eigenvalue weighted by molar-refractivity contribution is 8.00. The van der Waals surface area contributed by atoms with Crippen molar-refractivity contribution in [3.05, 3.63) is 131 Å². The summed E-state index contributed by atoms with van der Waals surface area (Å²) < 4.78 is 4.98. The van der Waals surface area contributed by atoms with Crippen molar-refractivity contribution in [3.63, 3.8) is 0 Å². The van der Waals surface area contributed by atoms with Gasteiger partial charge in [-0.05, 0) is 86.2 Å². The molecule has 10 heteroatoms. The average Bonchev–Trinajstić information content (AvgIpc) is 3.02. The maximum atomic E-state index is 13.4. The molecule has 0 fully saturated rings. The van der Waals surface area contributed by atoms with Gasteiger partial charge in [-0.25, -0.2) is 4.79 Å². The zero-order valence-electron chi connectivity index (χ0n) is 24.0. The molecule has 224 valence electrons. The van der Waals surface area contributed by atoms with Crippen molar-refractivity contribution in [3.8, 4) is 0 Å². The van der Waals surface area contributed by atoms with Gasteiger partial charge in [0.05, 0.1) is 17.4 Å². The molecule has 4 aromatic rings. The summed E-state index contributed by atoms with van der Waals surface area (Å²) in [6, 6.07) is 29.1. The molecule has 4 aromatic carbocycles. The number of halogens is 1. The van der Waals surface area contributed by atoms with Crippen LogP contribution in [0.1, 0.15) is 40.1 Å². The maximum Gasteiger partial charge on any atom is 0.338 e. The van der Waals surface area contributed by atoms with Gasteiger partial charge in [0.2, 0.25) is 5.91 Å². The number of thioether (sulfide) groups is 1. The number of nitrogens with one attached hydrogen (secondary N) is 3. The number of ether oxygens (including phenoxy) is 1. The Labute approximate surface area is 264 Å². The minimum absolute atomic E-state index is 0.00623. The number of amides is 3. The second-order valence-corrected chi connectivity index (χ2v) is 11.3. The van der Waals surface area contributed by atoms with E-state index >= 15 is 0 Å². The van der Waals surface area contributed by atoms with E-state index in [2.05, 4.69) is 16.0 Å². The summed E-state index contributed by atoms with van der Waals surface area (Å²) in [5.41, 5.74) is 2.38. The van der Waals surface area contributed by atoms with E-state index in [0.29, 0.717) is 33.1 Å². The zero-order chi connectivity index (χ0) is 31.5. The molecule has 0 aliphatic heterocycles. The summed E-state index contributed by atoms with van der Waals surface area (Å²) in [5.74, 6) is -1.65. The average molecular weight is 628 g/mol. The Balaban J connectivity index is 1.44. The first kappa shape index (κ1) is 32.1. The molecule has 3 amide bonds. The second-order valence-electron chi connectivity index (χ2n) is 9.43. The van der Waals surface area contributed by atoms with Crippen LogP contribution in [-0.2, 0) is 14.3 Å². The van der Waals surface area contributed by atoms with Crippen molar-refractivity contribution in [1.82, 2.24) is 5.32 Å². The summed E-state index contributed by atoms with van der Waals surface area (Å²) in [6.07, 6.45) is 1.52. The van der Waals surface area contributed by atoms with Crippen molar-refractivity contribution in [2.24, 2.45) is 0 Å². The fourth-order valence-corrected chi connectivity index (χ4v) is 5.06. The van der Waals surface area contributed by atoms with Crippen LogP contribution >= 0.6 is 23.4 Å². The fraction of sp³-hybridized carbons (Fsp3) is 0.118. The van der Waals surface area contributed by atoms with Crippen LogP contribution in [0.3, 0.4) is 0 Å². The summed E-state index contributed by atoms with van der Waals surface area (Å²) in [7, 11) is 0. The molecule has 0 saturated carbocycles. The van der Waals surface area contributed by atoms with Crippen molar-refractivity contribution in [1.29, 1.82) is 0 Å². The lowest BCUT2D eigenvalue weighted by atomic mass is 10.1. The van der Waals surface area contributed by atoms with E-state index < -0.39 is 23.0 Å². The van der Waals surface area contributed by atoms with Gasteiger partial charge < -0.3 is 20.7 Å². The van der Waals surface area contributed by atoms with Crippen molar-refractivity contribution >= 4 is 64.5 Å². The van der Waals surface area contributed by atoms with Gasteiger partial charge in [0.1, 0.15) is 5.70 Å². The Kier molecular flexibility index (Phi) is 11.3. The molecular formula is C34H30ClN3O5S. The van der Waals surface area contributed by atoms with Crippen LogP contribution in [0.4, 0.5) is 11.4 Å². The number of anilines is 2. The molecule has 3 N–H and O–H groups in total. The molecule has 1 unspecified atom stereocenters. The first-order valence-corrected chi connectivity index (χ1v) is 15.0. The van der Waals surface area contributed by atoms with E-state index in [4.69, 9.17) is 16.3 Å². The normalized spacial score (nSPS) is 11.7. The van der Waals surface area contributed by atoms with Crippen molar-refractivity contribution in [2.45, 2.75) is 24.0 Å². The lowest BCUT2D eigenvalue weighted by Crippen LogP contribution is -2.30. The Hall–Kier alpha value is -4.86. The van der Waals surface area contributed by atoms with Crippen LogP contribution in [0.5, 0.6) is 0 Å². The van der Waals surface area contributed by atoms with E-state index in [1.807, 2.05) is 6.07 Å². The number of esters is 1. The van der Waals surface area contributed by atoms with Gasteiger partial charge in [-0.3, -0.25) is 14.4 Å². The number of hydrogen-bond acceptors (Lipinski definition) is 6. The summed E-state index contributed by atoms with van der Waals surface area (Å²) >= 11 is 7.63. The lowest BCUT2D eigenvalue weighted by molar-refractivity contribution is -0.115. The van der Waals surface area contributed by atoms with Gasteiger partial charge in [-0.1, -0.05) is 54.1 Å². The fourth-order valence-electron chi connectivity index (χ4n) is 3.94. The number of benzene rings is 4. The van der Waals surface area contributed by atoms with Crippen LogP contribution in [0.2, 0.25) is 5.02 Å². The van der Waals surface area contributed by atoms with Gasteiger partial charge in [-0.2, -0.15) is 0 Å². The van der Waals surface area contributed by atoms with Crippen LogP contribution in [0, 0.1) is 0 Å². The molecule has 0 radical (unpaired) electrons. The van der Waals surface area contributed by atoms with Crippen LogP contribution in [0.25, 0.3) is 6.08 Å². The van der Waals surface area contributed by atoms with Gasteiger partial charge in [0.15, 0.2) is 0 Å². The van der Waals surface area contributed by atoms with E-state index in [-0.39, 0.29) is 18.2 Å². The molecule has 0 aromatic heterocycles. The quantitative estimate of drug-likeness (QED) is 0.0933. The molecular weight excluding hydrogens is 598 g/mol. The molecule has 0 saturated heterocycles. The predicted octanol–water partition coefficient (Wildman–Crippen LogP) is 7.05. The van der Waals surface area contributed by atoms with Crippen molar-refractivity contribution in [2.75, 3.05) is 17.2 Å². The maximum absolute atomic E-state index is 13.4. The molecule has 4 rings (SSSR count). The predicted molar refractivity (Wildman–Crippen MR) is 175 cm³/mol. The molecule has 0 bridgehead atoms. The third kappa shape index (κ3) is 9.07. The lowest BCUT2D eigenvalue weighted by Gasteiger charge is -2.14. The first-order chi connectivity index (χ1) is 21.2. The highest BCUT2D eigenvalue weighted by Crippen LogP contribution is 2.27. The van der Waals surface area contributed by atoms with Crippen LogP contribution < -0.4 is 16.0 Å². The smallest absolute Gasteiger partial charge is 0.338 e. The number of carbonyl (C=O) groups excluding carboxylic acids is 4. The van der Waals surface area contributed by atoms with E-state index in [1.54, 1.807) is 111 Å². The highest BCUT2D eigenvalue weighted by atomic mass is 35.5. The minimum Gasteiger partial charge on any atom is -0.462 e. The summed E-state index contributed by atoms with van der Waals surface area (Å²) in [4.78, 5) is 51.8. The minimum atomic E-state index is -0.548.